The second kappa shape index (κ2) is 6.84. The van der Waals surface area contributed by atoms with Crippen LogP contribution in [0, 0.1) is 11.6 Å². The Morgan fingerprint density at radius 2 is 1.92 bits per heavy atom. The lowest BCUT2D eigenvalue weighted by atomic mass is 10.1. The van der Waals surface area contributed by atoms with E-state index >= 15 is 0 Å². The van der Waals surface area contributed by atoms with Gasteiger partial charge in [-0.25, -0.2) is 13.8 Å². The van der Waals surface area contributed by atoms with E-state index in [0.29, 0.717) is 10.7 Å². The lowest BCUT2D eigenvalue weighted by Crippen LogP contribution is -2.12. The first-order valence-electron chi connectivity index (χ1n) is 6.61. The van der Waals surface area contributed by atoms with E-state index in [1.807, 2.05) is 0 Å². The molecule has 0 saturated heterocycles. The van der Waals surface area contributed by atoms with Crippen LogP contribution in [0.5, 0.6) is 0 Å². The van der Waals surface area contributed by atoms with Crippen LogP contribution in [0.2, 0.25) is 10.0 Å². The zero-order valence-corrected chi connectivity index (χ0v) is 14.1. The molecule has 2 aromatic carbocycles. The van der Waals surface area contributed by atoms with E-state index in [9.17, 15) is 13.6 Å². The van der Waals surface area contributed by atoms with Crippen molar-refractivity contribution in [2.45, 2.75) is 0 Å². The van der Waals surface area contributed by atoms with Gasteiger partial charge in [0, 0.05) is 22.0 Å². The zero-order chi connectivity index (χ0) is 17.3. The van der Waals surface area contributed by atoms with Crippen molar-refractivity contribution in [1.29, 1.82) is 0 Å². The molecular formula is C16H8Cl2F2N2OS. The molecule has 3 rings (SSSR count). The predicted octanol–water partition coefficient (Wildman–Crippen LogP) is 5.65. The quantitative estimate of drug-likeness (QED) is 0.633. The molecule has 0 atom stereocenters. The maximum atomic E-state index is 13.8. The first-order chi connectivity index (χ1) is 11.4. The van der Waals surface area contributed by atoms with Crippen molar-refractivity contribution in [1.82, 2.24) is 4.98 Å². The van der Waals surface area contributed by atoms with E-state index in [0.717, 1.165) is 23.5 Å². The summed E-state index contributed by atoms with van der Waals surface area (Å²) in [5.41, 5.74) is 0.646. The minimum absolute atomic E-state index is 0.147. The monoisotopic (exact) mass is 384 g/mol. The molecule has 0 aliphatic rings. The number of benzene rings is 2. The standard InChI is InChI=1S/C16H8Cl2F2N2OS/c17-8-1-4-12(18)11(5-8)15(23)22-16-21-14(7-24-16)10-3-2-9(19)6-13(10)20/h1-7H,(H,21,22,23). The Kier molecular flexibility index (Phi) is 4.80. The Hall–Kier alpha value is -2.02. The summed E-state index contributed by atoms with van der Waals surface area (Å²) in [6.07, 6.45) is 0. The van der Waals surface area contributed by atoms with Crippen LogP contribution in [-0.2, 0) is 0 Å². The average molecular weight is 385 g/mol. The number of nitrogens with zero attached hydrogens (tertiary/aromatic N) is 1. The number of rotatable bonds is 3. The molecule has 0 spiro atoms. The van der Waals surface area contributed by atoms with Crippen LogP contribution in [-0.4, -0.2) is 10.9 Å². The molecule has 122 valence electrons. The van der Waals surface area contributed by atoms with Gasteiger partial charge < -0.3 is 0 Å². The SMILES string of the molecule is O=C(Nc1nc(-c2ccc(F)cc2F)cs1)c1cc(Cl)ccc1Cl. The van der Waals surface area contributed by atoms with Crippen molar-refractivity contribution in [3.8, 4) is 11.3 Å². The topological polar surface area (TPSA) is 42.0 Å². The molecule has 3 nitrogen and oxygen atoms in total. The molecular weight excluding hydrogens is 377 g/mol. The first kappa shape index (κ1) is 16.8. The van der Waals surface area contributed by atoms with Gasteiger partial charge in [-0.1, -0.05) is 23.2 Å². The van der Waals surface area contributed by atoms with Crippen LogP contribution < -0.4 is 5.32 Å². The summed E-state index contributed by atoms with van der Waals surface area (Å²) in [5, 5.41) is 5.02. The van der Waals surface area contributed by atoms with E-state index in [-0.39, 0.29) is 21.3 Å². The molecule has 1 heterocycles. The maximum absolute atomic E-state index is 13.8. The van der Waals surface area contributed by atoms with Gasteiger partial charge in [-0.3, -0.25) is 10.1 Å². The van der Waals surface area contributed by atoms with E-state index in [4.69, 9.17) is 23.2 Å². The Labute approximate surface area is 149 Å². The summed E-state index contributed by atoms with van der Waals surface area (Å²) in [6, 6.07) is 7.73. The Bertz CT molecular complexity index is 930. The van der Waals surface area contributed by atoms with Crippen molar-refractivity contribution in [3.63, 3.8) is 0 Å². The molecule has 3 aromatic rings. The van der Waals surface area contributed by atoms with Gasteiger partial charge >= 0.3 is 0 Å². The molecule has 0 radical (unpaired) electrons. The number of hydrogen-bond acceptors (Lipinski definition) is 3. The van der Waals surface area contributed by atoms with Crippen LogP contribution in [0.4, 0.5) is 13.9 Å². The third kappa shape index (κ3) is 3.56. The molecule has 0 aliphatic carbocycles. The van der Waals surface area contributed by atoms with Crippen LogP contribution >= 0.6 is 34.5 Å². The minimum Gasteiger partial charge on any atom is -0.298 e. The lowest BCUT2D eigenvalue weighted by molar-refractivity contribution is 0.102. The molecule has 1 aromatic heterocycles. The number of aromatic nitrogens is 1. The number of anilines is 1. The van der Waals surface area contributed by atoms with E-state index in [2.05, 4.69) is 10.3 Å². The zero-order valence-electron chi connectivity index (χ0n) is 11.8. The van der Waals surface area contributed by atoms with Gasteiger partial charge in [-0.2, -0.15) is 0 Å². The Morgan fingerprint density at radius 1 is 1.12 bits per heavy atom. The third-order valence-electron chi connectivity index (χ3n) is 3.10. The molecule has 0 bridgehead atoms. The Balaban J connectivity index is 1.83. The summed E-state index contributed by atoms with van der Waals surface area (Å²) in [5.74, 6) is -1.88. The molecule has 24 heavy (non-hydrogen) atoms. The van der Waals surface area contributed by atoms with Crippen LogP contribution in [0.15, 0.2) is 41.8 Å². The molecule has 0 aliphatic heterocycles. The number of carbonyl (C=O) groups excluding carboxylic acids is 1. The fraction of sp³-hybridized carbons (Fsp3) is 0. The summed E-state index contributed by atoms with van der Waals surface area (Å²) < 4.78 is 26.7. The molecule has 1 N–H and O–H groups in total. The second-order valence-electron chi connectivity index (χ2n) is 4.74. The molecule has 1 amide bonds. The second-order valence-corrected chi connectivity index (χ2v) is 6.44. The van der Waals surface area contributed by atoms with Crippen LogP contribution in [0.3, 0.4) is 0 Å². The van der Waals surface area contributed by atoms with Gasteiger partial charge in [-0.05, 0) is 30.3 Å². The normalized spacial score (nSPS) is 10.7. The smallest absolute Gasteiger partial charge is 0.259 e. The fourth-order valence-electron chi connectivity index (χ4n) is 1.99. The van der Waals surface area contributed by atoms with Gasteiger partial charge in [-0.15, -0.1) is 11.3 Å². The number of hydrogen-bond donors (Lipinski definition) is 1. The van der Waals surface area contributed by atoms with Crippen LogP contribution in [0.1, 0.15) is 10.4 Å². The largest absolute Gasteiger partial charge is 0.298 e. The molecule has 0 unspecified atom stereocenters. The highest BCUT2D eigenvalue weighted by molar-refractivity contribution is 7.14. The fourth-order valence-corrected chi connectivity index (χ4v) is 3.07. The maximum Gasteiger partial charge on any atom is 0.259 e. The van der Waals surface area contributed by atoms with E-state index < -0.39 is 17.5 Å². The highest BCUT2D eigenvalue weighted by Crippen LogP contribution is 2.28. The van der Waals surface area contributed by atoms with E-state index in [1.165, 1.54) is 18.2 Å². The van der Waals surface area contributed by atoms with Crippen molar-refractivity contribution >= 4 is 45.6 Å². The van der Waals surface area contributed by atoms with Gasteiger partial charge in [0.05, 0.1) is 16.3 Å². The predicted molar refractivity (Wildman–Crippen MR) is 91.9 cm³/mol. The van der Waals surface area contributed by atoms with Crippen molar-refractivity contribution in [2.75, 3.05) is 5.32 Å². The van der Waals surface area contributed by atoms with E-state index in [1.54, 1.807) is 11.4 Å². The average Bonchev–Trinajstić information content (AvgIpc) is 2.97. The number of nitrogens with one attached hydrogen (secondary N) is 1. The van der Waals surface area contributed by atoms with Crippen molar-refractivity contribution in [2.24, 2.45) is 0 Å². The third-order valence-corrected chi connectivity index (χ3v) is 4.43. The van der Waals surface area contributed by atoms with Gasteiger partial charge in [0.15, 0.2) is 5.13 Å². The summed E-state index contributed by atoms with van der Waals surface area (Å²) in [6.45, 7) is 0. The van der Waals surface area contributed by atoms with Gasteiger partial charge in [0.2, 0.25) is 0 Å². The van der Waals surface area contributed by atoms with Gasteiger partial charge in [0.25, 0.3) is 5.91 Å². The number of carbonyl (C=O) groups is 1. The summed E-state index contributed by atoms with van der Waals surface area (Å²) in [4.78, 5) is 16.4. The summed E-state index contributed by atoms with van der Waals surface area (Å²) >= 11 is 12.9. The minimum atomic E-state index is -0.726. The molecule has 8 heteroatoms. The molecule has 0 fully saturated rings. The Morgan fingerprint density at radius 3 is 2.67 bits per heavy atom. The highest BCUT2D eigenvalue weighted by atomic mass is 35.5. The number of amides is 1. The van der Waals surface area contributed by atoms with Crippen molar-refractivity contribution in [3.05, 3.63) is 69.0 Å². The van der Waals surface area contributed by atoms with Crippen molar-refractivity contribution < 1.29 is 13.6 Å². The number of thiazole rings is 1. The van der Waals surface area contributed by atoms with Crippen LogP contribution in [0.25, 0.3) is 11.3 Å². The first-order valence-corrected chi connectivity index (χ1v) is 8.25. The van der Waals surface area contributed by atoms with Gasteiger partial charge in [0.1, 0.15) is 11.6 Å². The number of halogens is 4. The lowest BCUT2D eigenvalue weighted by Gasteiger charge is -2.04. The summed E-state index contributed by atoms with van der Waals surface area (Å²) in [7, 11) is 0. The molecule has 0 saturated carbocycles. The highest BCUT2D eigenvalue weighted by Gasteiger charge is 2.15.